The molecule has 3 rings (SSSR count). The number of piperidine rings is 1. The Morgan fingerprint density at radius 3 is 3.19 bits per heavy atom. The van der Waals surface area contributed by atoms with Crippen LogP contribution >= 0.6 is 0 Å². The van der Waals surface area contributed by atoms with Gasteiger partial charge in [0, 0.05) is 19.1 Å². The summed E-state index contributed by atoms with van der Waals surface area (Å²) >= 11 is 0. The van der Waals surface area contributed by atoms with Gasteiger partial charge in [0.25, 0.3) is 0 Å². The van der Waals surface area contributed by atoms with Gasteiger partial charge in [-0.1, -0.05) is 0 Å². The minimum Gasteiger partial charge on any atom is -0.468 e. The fourth-order valence-electron chi connectivity index (χ4n) is 3.11. The number of likely N-dealkylation sites (tertiary alicyclic amines) is 1. The topological polar surface area (TPSA) is 28.4 Å². The maximum absolute atomic E-state index is 5.50. The molecule has 3 heteroatoms. The minimum absolute atomic E-state index is 0.419. The predicted molar refractivity (Wildman–Crippen MR) is 63.2 cm³/mol. The molecular weight excluding hydrogens is 200 g/mol. The van der Waals surface area contributed by atoms with Crippen LogP contribution in [0.3, 0.4) is 0 Å². The summed E-state index contributed by atoms with van der Waals surface area (Å²) in [5.41, 5.74) is 0. The quantitative estimate of drug-likeness (QED) is 0.826. The Morgan fingerprint density at radius 2 is 2.44 bits per heavy atom. The zero-order valence-corrected chi connectivity index (χ0v) is 9.86. The predicted octanol–water partition coefficient (Wildman–Crippen LogP) is 2.02. The molecule has 0 spiro atoms. The zero-order valence-electron chi connectivity index (χ0n) is 9.86. The number of hydrogen-bond donors (Lipinski definition) is 1. The van der Waals surface area contributed by atoms with Gasteiger partial charge in [0.15, 0.2) is 0 Å². The van der Waals surface area contributed by atoms with E-state index in [0.29, 0.717) is 12.1 Å². The first-order chi connectivity index (χ1) is 7.84. The van der Waals surface area contributed by atoms with Gasteiger partial charge in [-0.05, 0) is 44.4 Å². The number of fused-ring (bicyclic) bond motifs is 1. The maximum Gasteiger partial charge on any atom is 0.120 e. The summed E-state index contributed by atoms with van der Waals surface area (Å²) in [6.07, 6.45) is 4.50. The maximum atomic E-state index is 5.50. The Labute approximate surface area is 96.8 Å². The highest BCUT2D eigenvalue weighted by Gasteiger charge is 2.36. The van der Waals surface area contributed by atoms with E-state index in [1.807, 2.05) is 6.07 Å². The Balaban J connectivity index is 1.68. The fraction of sp³-hybridized carbons (Fsp3) is 0.692. The molecule has 1 unspecified atom stereocenters. The van der Waals surface area contributed by atoms with Crippen molar-refractivity contribution in [3.05, 3.63) is 24.2 Å². The van der Waals surface area contributed by atoms with Gasteiger partial charge < -0.3 is 9.73 Å². The lowest BCUT2D eigenvalue weighted by Gasteiger charge is -2.24. The summed E-state index contributed by atoms with van der Waals surface area (Å²) < 4.78 is 5.50. The second kappa shape index (κ2) is 4.22. The van der Waals surface area contributed by atoms with Crippen molar-refractivity contribution < 1.29 is 4.42 Å². The Morgan fingerprint density at radius 1 is 1.50 bits per heavy atom. The van der Waals surface area contributed by atoms with Crippen molar-refractivity contribution in [2.45, 2.75) is 31.8 Å². The smallest absolute Gasteiger partial charge is 0.120 e. The zero-order chi connectivity index (χ0) is 11.0. The molecule has 2 aliphatic rings. The van der Waals surface area contributed by atoms with Crippen LogP contribution in [0.1, 0.15) is 31.6 Å². The third kappa shape index (κ3) is 1.78. The summed E-state index contributed by atoms with van der Waals surface area (Å²) in [5.74, 6) is 1.95. The Hall–Kier alpha value is -0.800. The molecule has 0 saturated carbocycles. The Bertz CT molecular complexity index is 322. The molecule has 0 amide bonds. The Kier molecular flexibility index (Phi) is 2.74. The molecule has 1 aromatic heterocycles. The lowest BCUT2D eigenvalue weighted by molar-refractivity contribution is 0.222. The normalized spacial score (nSPS) is 32.6. The molecule has 2 aliphatic heterocycles. The number of furan rings is 1. The molecule has 2 saturated heterocycles. The minimum atomic E-state index is 0.419. The highest BCUT2D eigenvalue weighted by atomic mass is 16.3. The van der Waals surface area contributed by atoms with Crippen LogP contribution in [0.25, 0.3) is 0 Å². The summed E-state index contributed by atoms with van der Waals surface area (Å²) in [5, 5.41) is 3.64. The van der Waals surface area contributed by atoms with Crippen LogP contribution in [0.5, 0.6) is 0 Å². The van der Waals surface area contributed by atoms with Crippen LogP contribution in [0.15, 0.2) is 22.8 Å². The van der Waals surface area contributed by atoms with Crippen molar-refractivity contribution in [3.8, 4) is 0 Å². The molecule has 88 valence electrons. The fourth-order valence-corrected chi connectivity index (χ4v) is 3.11. The van der Waals surface area contributed by atoms with Crippen LogP contribution in [0, 0.1) is 5.92 Å². The lowest BCUT2D eigenvalue weighted by Crippen LogP contribution is -2.40. The van der Waals surface area contributed by atoms with Crippen LogP contribution in [-0.2, 0) is 0 Å². The molecule has 0 bridgehead atoms. The van der Waals surface area contributed by atoms with Gasteiger partial charge in [-0.2, -0.15) is 0 Å². The van der Waals surface area contributed by atoms with Gasteiger partial charge in [-0.25, -0.2) is 0 Å². The summed E-state index contributed by atoms with van der Waals surface area (Å²) in [6, 6.07) is 5.20. The van der Waals surface area contributed by atoms with Crippen molar-refractivity contribution in [2.24, 2.45) is 5.92 Å². The van der Waals surface area contributed by atoms with Crippen molar-refractivity contribution in [1.82, 2.24) is 10.2 Å². The van der Waals surface area contributed by atoms with E-state index < -0.39 is 0 Å². The first-order valence-electron chi connectivity index (χ1n) is 6.35. The van der Waals surface area contributed by atoms with Gasteiger partial charge in [0.05, 0.1) is 12.3 Å². The number of rotatable bonds is 2. The molecule has 2 fully saturated rings. The average Bonchev–Trinajstić information content (AvgIpc) is 2.97. The third-order valence-electron chi connectivity index (χ3n) is 4.13. The molecule has 1 aromatic rings. The van der Waals surface area contributed by atoms with Gasteiger partial charge in [-0.3, -0.25) is 4.90 Å². The van der Waals surface area contributed by atoms with E-state index in [-0.39, 0.29) is 0 Å². The van der Waals surface area contributed by atoms with Crippen LogP contribution in [-0.4, -0.2) is 30.6 Å². The second-order valence-corrected chi connectivity index (χ2v) is 5.11. The van der Waals surface area contributed by atoms with Crippen LogP contribution in [0.2, 0.25) is 0 Å². The van der Waals surface area contributed by atoms with E-state index in [1.54, 1.807) is 6.26 Å². The van der Waals surface area contributed by atoms with Crippen LogP contribution in [0.4, 0.5) is 0 Å². The van der Waals surface area contributed by atoms with Crippen molar-refractivity contribution in [3.63, 3.8) is 0 Å². The molecule has 0 aliphatic carbocycles. The van der Waals surface area contributed by atoms with Gasteiger partial charge in [0.2, 0.25) is 0 Å². The molecule has 3 heterocycles. The number of nitrogens with zero attached hydrogens (tertiary/aromatic N) is 1. The van der Waals surface area contributed by atoms with E-state index in [1.165, 1.54) is 32.5 Å². The van der Waals surface area contributed by atoms with E-state index in [2.05, 4.69) is 23.2 Å². The number of hydrogen-bond acceptors (Lipinski definition) is 3. The average molecular weight is 220 g/mol. The van der Waals surface area contributed by atoms with Crippen molar-refractivity contribution in [2.75, 3.05) is 19.6 Å². The molecule has 3 nitrogen and oxygen atoms in total. The SMILES string of the molecule is CC(c1ccco1)N1C[C@@H]2CCCN[C@@H]2C1. The van der Waals surface area contributed by atoms with Gasteiger partial charge >= 0.3 is 0 Å². The third-order valence-corrected chi connectivity index (χ3v) is 4.13. The summed E-state index contributed by atoms with van der Waals surface area (Å²) in [7, 11) is 0. The standard InChI is InChI=1S/C13H20N2O/c1-10(13-5-3-7-16-13)15-8-11-4-2-6-14-12(11)9-15/h3,5,7,10-12,14H,2,4,6,8-9H2,1H3/t10?,11-,12+/m0/s1. The summed E-state index contributed by atoms with van der Waals surface area (Å²) in [4.78, 5) is 2.55. The largest absolute Gasteiger partial charge is 0.468 e. The lowest BCUT2D eigenvalue weighted by atomic mass is 9.94. The first kappa shape index (κ1) is 10.4. The molecular formula is C13H20N2O. The van der Waals surface area contributed by atoms with E-state index in [4.69, 9.17) is 4.42 Å². The van der Waals surface area contributed by atoms with Crippen LogP contribution < -0.4 is 5.32 Å². The van der Waals surface area contributed by atoms with Crippen molar-refractivity contribution in [1.29, 1.82) is 0 Å². The highest BCUT2D eigenvalue weighted by molar-refractivity contribution is 5.06. The molecule has 3 atom stereocenters. The monoisotopic (exact) mass is 220 g/mol. The van der Waals surface area contributed by atoms with Gasteiger partial charge in [-0.15, -0.1) is 0 Å². The van der Waals surface area contributed by atoms with E-state index >= 15 is 0 Å². The van der Waals surface area contributed by atoms with Crippen molar-refractivity contribution >= 4 is 0 Å². The number of nitrogens with one attached hydrogen (secondary N) is 1. The highest BCUT2D eigenvalue weighted by Crippen LogP contribution is 2.31. The molecule has 16 heavy (non-hydrogen) atoms. The molecule has 0 aromatic carbocycles. The summed E-state index contributed by atoms with van der Waals surface area (Å²) in [6.45, 7) is 5.84. The van der Waals surface area contributed by atoms with E-state index in [0.717, 1.165) is 11.7 Å². The molecule has 0 radical (unpaired) electrons. The molecule has 1 N–H and O–H groups in total. The second-order valence-electron chi connectivity index (χ2n) is 5.11. The van der Waals surface area contributed by atoms with E-state index in [9.17, 15) is 0 Å². The van der Waals surface area contributed by atoms with Gasteiger partial charge in [0.1, 0.15) is 5.76 Å². The first-order valence-corrected chi connectivity index (χ1v) is 6.35.